The zero-order chi connectivity index (χ0) is 20.9. The molecule has 1 heterocycles. The molecule has 0 aliphatic carbocycles. The molecule has 0 unspecified atom stereocenters. The molecular weight excluding hydrogens is 390 g/mol. The van der Waals surface area contributed by atoms with E-state index in [2.05, 4.69) is 27.1 Å². The second kappa shape index (κ2) is 9.13. The molecule has 1 aliphatic rings. The summed E-state index contributed by atoms with van der Waals surface area (Å²) in [6, 6.07) is 12.9. The van der Waals surface area contributed by atoms with Crippen molar-refractivity contribution in [2.24, 2.45) is 0 Å². The number of nitrogens with one attached hydrogen (secondary N) is 1. The first kappa shape index (κ1) is 20.9. The number of halogens is 4. The van der Waals surface area contributed by atoms with Crippen LogP contribution in [0.2, 0.25) is 0 Å². The molecule has 0 aromatic heterocycles. The number of carbonyl (C=O) groups excluding carboxylic acids is 1. The third-order valence-corrected chi connectivity index (χ3v) is 4.57. The Kier molecular flexibility index (Phi) is 6.58. The Bertz CT molecular complexity index is 822. The minimum atomic E-state index is -4.96. The van der Waals surface area contributed by atoms with Gasteiger partial charge in [0.05, 0.1) is 0 Å². The number of piperazine rings is 1. The van der Waals surface area contributed by atoms with Crippen molar-refractivity contribution in [2.75, 3.05) is 26.2 Å². The molecule has 2 aromatic rings. The van der Waals surface area contributed by atoms with E-state index in [0.717, 1.165) is 31.8 Å². The van der Waals surface area contributed by atoms with E-state index >= 15 is 0 Å². The Hall–Kier alpha value is -2.81. The maximum absolute atomic E-state index is 13.7. The summed E-state index contributed by atoms with van der Waals surface area (Å²) in [5.74, 6) is -2.04. The van der Waals surface area contributed by atoms with Crippen LogP contribution in [0.1, 0.15) is 11.1 Å². The number of alkyl halides is 3. The monoisotopic (exact) mass is 411 g/mol. The highest BCUT2D eigenvalue weighted by molar-refractivity contribution is 5.74. The summed E-state index contributed by atoms with van der Waals surface area (Å²) in [6.07, 6.45) is -4.96. The van der Waals surface area contributed by atoms with E-state index in [1.54, 1.807) is 4.90 Å². The summed E-state index contributed by atoms with van der Waals surface area (Å²) >= 11 is 0. The van der Waals surface area contributed by atoms with E-state index in [4.69, 9.17) is 0 Å². The van der Waals surface area contributed by atoms with Crippen molar-refractivity contribution >= 4 is 6.03 Å². The number of benzene rings is 2. The molecular formula is C20H21F4N3O2. The summed E-state index contributed by atoms with van der Waals surface area (Å²) < 4.78 is 53.8. The first-order valence-electron chi connectivity index (χ1n) is 9.13. The highest BCUT2D eigenvalue weighted by Crippen LogP contribution is 2.26. The number of hydrogen-bond donors (Lipinski definition) is 1. The van der Waals surface area contributed by atoms with Gasteiger partial charge in [0.1, 0.15) is 0 Å². The molecule has 1 N–H and O–H groups in total. The molecule has 2 amide bonds. The fraction of sp³-hybridized carbons (Fsp3) is 0.350. The van der Waals surface area contributed by atoms with Gasteiger partial charge in [-0.25, -0.2) is 9.18 Å². The average Bonchev–Trinajstić information content (AvgIpc) is 2.68. The maximum Gasteiger partial charge on any atom is 0.573 e. The molecule has 29 heavy (non-hydrogen) atoms. The molecule has 0 radical (unpaired) electrons. The molecule has 0 atom stereocenters. The number of nitrogens with zero attached hydrogens (tertiary/aromatic N) is 2. The van der Waals surface area contributed by atoms with Gasteiger partial charge in [0.2, 0.25) is 0 Å². The number of hydrogen-bond acceptors (Lipinski definition) is 3. The van der Waals surface area contributed by atoms with E-state index in [0.29, 0.717) is 18.7 Å². The molecule has 1 saturated heterocycles. The van der Waals surface area contributed by atoms with Gasteiger partial charge in [0.25, 0.3) is 0 Å². The van der Waals surface area contributed by atoms with Crippen molar-refractivity contribution in [2.45, 2.75) is 19.5 Å². The van der Waals surface area contributed by atoms with Gasteiger partial charge in [-0.05, 0) is 23.3 Å². The zero-order valence-electron chi connectivity index (χ0n) is 15.6. The van der Waals surface area contributed by atoms with Crippen LogP contribution in [0.5, 0.6) is 5.75 Å². The third-order valence-electron chi connectivity index (χ3n) is 4.57. The van der Waals surface area contributed by atoms with E-state index in [9.17, 15) is 22.4 Å². The first-order valence-corrected chi connectivity index (χ1v) is 9.13. The molecule has 3 rings (SSSR count). The Labute approximate surface area is 165 Å². The van der Waals surface area contributed by atoms with E-state index in [1.165, 1.54) is 11.6 Å². The van der Waals surface area contributed by atoms with Crippen LogP contribution < -0.4 is 10.1 Å². The van der Waals surface area contributed by atoms with Gasteiger partial charge >= 0.3 is 12.4 Å². The highest BCUT2D eigenvalue weighted by Gasteiger charge is 2.32. The number of carbonyl (C=O) groups is 1. The molecule has 9 heteroatoms. The van der Waals surface area contributed by atoms with Crippen LogP contribution in [0.3, 0.4) is 0 Å². The second-order valence-corrected chi connectivity index (χ2v) is 6.72. The number of amides is 2. The van der Waals surface area contributed by atoms with Gasteiger partial charge in [0.15, 0.2) is 11.6 Å². The lowest BCUT2D eigenvalue weighted by atomic mass is 10.2. The van der Waals surface area contributed by atoms with Crippen molar-refractivity contribution in [1.29, 1.82) is 0 Å². The molecule has 156 valence electrons. The Morgan fingerprint density at radius 3 is 2.31 bits per heavy atom. The van der Waals surface area contributed by atoms with Crippen molar-refractivity contribution in [3.8, 4) is 5.75 Å². The normalized spacial score (nSPS) is 15.2. The average molecular weight is 411 g/mol. The van der Waals surface area contributed by atoms with Gasteiger partial charge in [-0.2, -0.15) is 0 Å². The third kappa shape index (κ3) is 6.35. The van der Waals surface area contributed by atoms with Crippen LogP contribution in [0, 0.1) is 5.82 Å². The number of urea groups is 1. The summed E-state index contributed by atoms with van der Waals surface area (Å²) in [7, 11) is 0. The SMILES string of the molecule is O=C(NCc1ccc(OC(F)(F)F)c(F)c1)N1CCN(Cc2ccccc2)CC1. The fourth-order valence-electron chi connectivity index (χ4n) is 3.10. The standard InChI is InChI=1S/C20H21F4N3O2/c21-17-12-16(6-7-18(17)29-20(22,23)24)13-25-19(28)27-10-8-26(9-11-27)14-15-4-2-1-3-5-15/h1-7,12H,8-11,13-14H2,(H,25,28). The summed E-state index contributed by atoms with van der Waals surface area (Å²) in [5.41, 5.74) is 1.55. The minimum Gasteiger partial charge on any atom is -0.403 e. The number of rotatable bonds is 5. The molecule has 0 saturated carbocycles. The summed E-state index contributed by atoms with van der Waals surface area (Å²) in [5, 5.41) is 2.67. The van der Waals surface area contributed by atoms with Crippen LogP contribution in [0.25, 0.3) is 0 Å². The van der Waals surface area contributed by atoms with Crippen LogP contribution in [-0.2, 0) is 13.1 Å². The van der Waals surface area contributed by atoms with E-state index in [-0.39, 0.29) is 12.6 Å². The van der Waals surface area contributed by atoms with Gasteiger partial charge in [0, 0.05) is 39.3 Å². The lowest BCUT2D eigenvalue weighted by Crippen LogP contribution is -2.51. The highest BCUT2D eigenvalue weighted by atomic mass is 19.4. The van der Waals surface area contributed by atoms with Crippen molar-refractivity contribution in [3.05, 3.63) is 65.5 Å². The van der Waals surface area contributed by atoms with Gasteiger partial charge in [-0.1, -0.05) is 36.4 Å². The molecule has 1 aliphatic heterocycles. The topological polar surface area (TPSA) is 44.8 Å². The summed E-state index contributed by atoms with van der Waals surface area (Å²) in [6.45, 7) is 3.42. The largest absolute Gasteiger partial charge is 0.573 e. The Balaban J connectivity index is 1.45. The van der Waals surface area contributed by atoms with E-state index < -0.39 is 17.9 Å². The van der Waals surface area contributed by atoms with Crippen LogP contribution in [-0.4, -0.2) is 48.4 Å². The lowest BCUT2D eigenvalue weighted by Gasteiger charge is -2.34. The van der Waals surface area contributed by atoms with E-state index in [1.807, 2.05) is 18.2 Å². The first-order chi connectivity index (χ1) is 13.8. The van der Waals surface area contributed by atoms with Crippen molar-refractivity contribution in [1.82, 2.24) is 15.1 Å². The van der Waals surface area contributed by atoms with Crippen LogP contribution in [0.4, 0.5) is 22.4 Å². The van der Waals surface area contributed by atoms with Gasteiger partial charge in [-0.15, -0.1) is 13.2 Å². The predicted octanol–water partition coefficient (Wildman–Crippen LogP) is 3.75. The smallest absolute Gasteiger partial charge is 0.403 e. The van der Waals surface area contributed by atoms with Crippen molar-refractivity contribution in [3.63, 3.8) is 0 Å². The molecule has 0 spiro atoms. The van der Waals surface area contributed by atoms with Gasteiger partial charge in [-0.3, -0.25) is 4.90 Å². The van der Waals surface area contributed by atoms with Crippen LogP contribution in [0.15, 0.2) is 48.5 Å². The minimum absolute atomic E-state index is 0.00623. The maximum atomic E-state index is 13.7. The second-order valence-electron chi connectivity index (χ2n) is 6.72. The number of ether oxygens (including phenoxy) is 1. The zero-order valence-corrected chi connectivity index (χ0v) is 15.6. The Morgan fingerprint density at radius 1 is 1.00 bits per heavy atom. The Morgan fingerprint density at radius 2 is 1.69 bits per heavy atom. The fourth-order valence-corrected chi connectivity index (χ4v) is 3.10. The predicted molar refractivity (Wildman–Crippen MR) is 98.6 cm³/mol. The van der Waals surface area contributed by atoms with Gasteiger partial charge < -0.3 is 15.0 Å². The van der Waals surface area contributed by atoms with Crippen molar-refractivity contribution < 1.29 is 27.1 Å². The molecule has 0 bridgehead atoms. The summed E-state index contributed by atoms with van der Waals surface area (Å²) in [4.78, 5) is 16.2. The molecule has 5 nitrogen and oxygen atoms in total. The van der Waals surface area contributed by atoms with Crippen LogP contribution >= 0.6 is 0 Å². The lowest BCUT2D eigenvalue weighted by molar-refractivity contribution is -0.275. The quantitative estimate of drug-likeness (QED) is 0.763. The molecule has 2 aromatic carbocycles. The molecule has 1 fully saturated rings.